The molecule has 0 aromatic heterocycles. The van der Waals surface area contributed by atoms with Crippen molar-refractivity contribution in [2.24, 2.45) is 17.8 Å². The Bertz CT molecular complexity index is 369. The second-order valence-corrected chi connectivity index (χ2v) is 6.75. The van der Waals surface area contributed by atoms with Gasteiger partial charge in [0.25, 0.3) is 0 Å². The van der Waals surface area contributed by atoms with Gasteiger partial charge in [0.1, 0.15) is 0 Å². The van der Waals surface area contributed by atoms with Crippen LogP contribution in [0.25, 0.3) is 0 Å². The summed E-state index contributed by atoms with van der Waals surface area (Å²) < 4.78 is 4.63. The molecule has 0 aliphatic heterocycles. The van der Waals surface area contributed by atoms with Gasteiger partial charge >= 0.3 is 5.97 Å². The average molecular weight is 295 g/mol. The van der Waals surface area contributed by atoms with Crippen LogP contribution in [-0.2, 0) is 14.3 Å². The number of ether oxygens (including phenoxy) is 1. The summed E-state index contributed by atoms with van der Waals surface area (Å²) in [6, 6.07) is 0. The number of carbonyl (C=O) groups is 2. The van der Waals surface area contributed by atoms with E-state index in [4.69, 9.17) is 0 Å². The summed E-state index contributed by atoms with van der Waals surface area (Å²) >= 11 is 0. The lowest BCUT2D eigenvalue weighted by molar-refractivity contribution is -0.142. The Morgan fingerprint density at radius 1 is 1.10 bits per heavy atom. The van der Waals surface area contributed by atoms with Crippen LogP contribution in [0.3, 0.4) is 0 Å². The Labute approximate surface area is 128 Å². The standard InChI is InChI=1S/C17H29NO3/c1-18(11-5-8-16(19)21-2)17(20)15-10-9-13-6-3-4-7-14(13)12-15/h13-15H,3-12H2,1-2H3. The van der Waals surface area contributed by atoms with E-state index < -0.39 is 0 Å². The highest BCUT2D eigenvalue weighted by molar-refractivity contribution is 5.78. The number of methoxy groups -OCH3 is 1. The van der Waals surface area contributed by atoms with Crippen LogP contribution >= 0.6 is 0 Å². The highest BCUT2D eigenvalue weighted by atomic mass is 16.5. The van der Waals surface area contributed by atoms with Crippen molar-refractivity contribution in [2.45, 2.75) is 57.8 Å². The van der Waals surface area contributed by atoms with Gasteiger partial charge in [0, 0.05) is 25.9 Å². The van der Waals surface area contributed by atoms with Crippen molar-refractivity contribution in [1.29, 1.82) is 0 Å². The molecule has 3 atom stereocenters. The zero-order valence-corrected chi connectivity index (χ0v) is 13.5. The number of hydrogen-bond donors (Lipinski definition) is 0. The molecule has 0 bridgehead atoms. The molecular weight excluding hydrogens is 266 g/mol. The molecule has 0 spiro atoms. The van der Waals surface area contributed by atoms with E-state index in [0.717, 1.165) is 24.7 Å². The first-order valence-corrected chi connectivity index (χ1v) is 8.43. The molecule has 0 N–H and O–H groups in total. The van der Waals surface area contributed by atoms with Crippen LogP contribution in [0.4, 0.5) is 0 Å². The lowest BCUT2D eigenvalue weighted by atomic mass is 9.67. The molecule has 3 unspecified atom stereocenters. The first-order valence-electron chi connectivity index (χ1n) is 8.43. The lowest BCUT2D eigenvalue weighted by Crippen LogP contribution is -2.38. The van der Waals surface area contributed by atoms with Gasteiger partial charge in [0.05, 0.1) is 7.11 Å². The van der Waals surface area contributed by atoms with Gasteiger partial charge in [-0.3, -0.25) is 9.59 Å². The maximum Gasteiger partial charge on any atom is 0.305 e. The molecule has 1 amide bonds. The maximum atomic E-state index is 12.5. The van der Waals surface area contributed by atoms with Crippen molar-refractivity contribution in [3.8, 4) is 0 Å². The van der Waals surface area contributed by atoms with Gasteiger partial charge in [-0.25, -0.2) is 0 Å². The second kappa shape index (κ2) is 7.81. The molecule has 0 heterocycles. The van der Waals surface area contributed by atoms with Crippen molar-refractivity contribution in [3.05, 3.63) is 0 Å². The maximum absolute atomic E-state index is 12.5. The van der Waals surface area contributed by atoms with Crippen LogP contribution in [0.1, 0.15) is 57.8 Å². The van der Waals surface area contributed by atoms with E-state index in [1.165, 1.54) is 39.2 Å². The highest BCUT2D eigenvalue weighted by Crippen LogP contribution is 2.43. The van der Waals surface area contributed by atoms with E-state index in [9.17, 15) is 9.59 Å². The second-order valence-electron chi connectivity index (χ2n) is 6.75. The molecule has 2 rings (SSSR count). The number of fused-ring (bicyclic) bond motifs is 1. The normalized spacial score (nSPS) is 28.6. The van der Waals surface area contributed by atoms with E-state index in [1.54, 1.807) is 0 Å². The number of nitrogens with zero attached hydrogens (tertiary/aromatic N) is 1. The zero-order valence-electron chi connectivity index (χ0n) is 13.5. The third kappa shape index (κ3) is 4.45. The molecule has 2 aliphatic rings. The van der Waals surface area contributed by atoms with Crippen molar-refractivity contribution in [3.63, 3.8) is 0 Å². The summed E-state index contributed by atoms with van der Waals surface area (Å²) in [5.74, 6) is 1.97. The van der Waals surface area contributed by atoms with Crippen molar-refractivity contribution >= 4 is 11.9 Å². The van der Waals surface area contributed by atoms with Gasteiger partial charge in [-0.1, -0.05) is 25.7 Å². The Morgan fingerprint density at radius 3 is 2.52 bits per heavy atom. The van der Waals surface area contributed by atoms with Crippen LogP contribution in [0.2, 0.25) is 0 Å². The minimum atomic E-state index is -0.196. The highest BCUT2D eigenvalue weighted by Gasteiger charge is 2.35. The minimum Gasteiger partial charge on any atom is -0.469 e. The number of esters is 1. The van der Waals surface area contributed by atoms with E-state index >= 15 is 0 Å². The van der Waals surface area contributed by atoms with E-state index in [0.29, 0.717) is 19.4 Å². The molecule has 0 radical (unpaired) electrons. The van der Waals surface area contributed by atoms with E-state index in [-0.39, 0.29) is 17.8 Å². The number of amides is 1. The SMILES string of the molecule is COC(=O)CCCN(C)C(=O)C1CCC2CCCCC2C1. The van der Waals surface area contributed by atoms with Crippen molar-refractivity contribution in [1.82, 2.24) is 4.90 Å². The fourth-order valence-electron chi connectivity index (χ4n) is 4.08. The van der Waals surface area contributed by atoms with Gasteiger partial charge in [0.2, 0.25) is 5.91 Å². The molecule has 2 saturated carbocycles. The summed E-state index contributed by atoms with van der Waals surface area (Å²) in [5.41, 5.74) is 0. The molecule has 0 aromatic carbocycles. The first kappa shape index (κ1) is 16.3. The van der Waals surface area contributed by atoms with Crippen LogP contribution in [0.5, 0.6) is 0 Å². The van der Waals surface area contributed by atoms with Gasteiger partial charge in [-0.2, -0.15) is 0 Å². The van der Waals surface area contributed by atoms with Gasteiger partial charge < -0.3 is 9.64 Å². The Kier molecular flexibility index (Phi) is 6.07. The molecular formula is C17H29NO3. The van der Waals surface area contributed by atoms with Gasteiger partial charge in [0.15, 0.2) is 0 Å². The summed E-state index contributed by atoms with van der Waals surface area (Å²) in [4.78, 5) is 25.4. The minimum absolute atomic E-state index is 0.196. The third-order valence-corrected chi connectivity index (χ3v) is 5.37. The Morgan fingerprint density at radius 2 is 1.81 bits per heavy atom. The fourth-order valence-corrected chi connectivity index (χ4v) is 4.08. The largest absolute Gasteiger partial charge is 0.469 e. The number of carbonyl (C=O) groups excluding carboxylic acids is 2. The third-order valence-electron chi connectivity index (χ3n) is 5.37. The quantitative estimate of drug-likeness (QED) is 0.732. The molecule has 0 saturated heterocycles. The van der Waals surface area contributed by atoms with E-state index in [2.05, 4.69) is 4.74 Å². The monoisotopic (exact) mass is 295 g/mol. The Balaban J connectivity index is 1.75. The van der Waals surface area contributed by atoms with Crippen LogP contribution in [0, 0.1) is 17.8 Å². The Hall–Kier alpha value is -1.06. The molecule has 4 heteroatoms. The molecule has 2 aliphatic carbocycles. The average Bonchev–Trinajstić information content (AvgIpc) is 2.53. The van der Waals surface area contributed by atoms with Crippen molar-refractivity contribution in [2.75, 3.05) is 20.7 Å². The fraction of sp³-hybridized carbons (Fsp3) is 0.882. The first-order chi connectivity index (χ1) is 10.1. The van der Waals surface area contributed by atoms with Crippen LogP contribution < -0.4 is 0 Å². The summed E-state index contributed by atoms with van der Waals surface area (Å²) in [7, 11) is 3.27. The number of rotatable bonds is 5. The predicted octanol–water partition coefficient (Wildman–Crippen LogP) is 3.00. The van der Waals surface area contributed by atoms with Crippen LogP contribution in [0.15, 0.2) is 0 Å². The molecule has 4 nitrogen and oxygen atoms in total. The van der Waals surface area contributed by atoms with Crippen LogP contribution in [-0.4, -0.2) is 37.5 Å². The van der Waals surface area contributed by atoms with Gasteiger partial charge in [-0.15, -0.1) is 0 Å². The zero-order chi connectivity index (χ0) is 15.2. The molecule has 120 valence electrons. The number of hydrogen-bond acceptors (Lipinski definition) is 3. The topological polar surface area (TPSA) is 46.6 Å². The van der Waals surface area contributed by atoms with E-state index in [1.807, 2.05) is 11.9 Å². The summed E-state index contributed by atoms with van der Waals surface area (Å²) in [6.07, 6.45) is 9.88. The molecule has 0 aromatic rings. The van der Waals surface area contributed by atoms with Gasteiger partial charge in [-0.05, 0) is 37.5 Å². The molecule has 21 heavy (non-hydrogen) atoms. The molecule has 2 fully saturated rings. The summed E-state index contributed by atoms with van der Waals surface area (Å²) in [5, 5.41) is 0. The smallest absolute Gasteiger partial charge is 0.305 e. The van der Waals surface area contributed by atoms with Crippen molar-refractivity contribution < 1.29 is 14.3 Å². The lowest BCUT2D eigenvalue weighted by Gasteiger charge is -2.39. The predicted molar refractivity (Wildman–Crippen MR) is 81.7 cm³/mol. The summed E-state index contributed by atoms with van der Waals surface area (Å²) in [6.45, 7) is 0.651.